The molecule has 0 aliphatic carbocycles. The average Bonchev–Trinajstić information content (AvgIpc) is 2.35. The summed E-state index contributed by atoms with van der Waals surface area (Å²) >= 11 is 2.29. The first-order chi connectivity index (χ1) is 5.29. The molecule has 0 atom stereocenters. The van der Waals surface area contributed by atoms with Gasteiger partial charge in [-0.2, -0.15) is 0 Å². The molecule has 0 aromatic carbocycles. The molecule has 0 N–H and O–H groups in total. The summed E-state index contributed by atoms with van der Waals surface area (Å²) in [5.74, 6) is 1.05. The third-order valence-corrected chi connectivity index (χ3v) is 2.56. The van der Waals surface area contributed by atoms with E-state index in [0.717, 1.165) is 5.82 Å². The zero-order valence-electron chi connectivity index (χ0n) is 6.08. The van der Waals surface area contributed by atoms with Gasteiger partial charge in [0.05, 0.1) is 0 Å². The lowest BCUT2D eigenvalue weighted by Gasteiger charge is -2.03. The maximum absolute atomic E-state index is 4.27. The maximum Gasteiger partial charge on any atom is 0.140 e. The molecule has 2 aliphatic heterocycles. The molecular formula is C8H7IN2. The molecule has 3 heteroatoms. The van der Waals surface area contributed by atoms with Gasteiger partial charge in [0.25, 0.3) is 0 Å². The molecule has 56 valence electrons. The van der Waals surface area contributed by atoms with Gasteiger partial charge in [0.15, 0.2) is 0 Å². The van der Waals surface area contributed by atoms with Crippen LogP contribution in [0.1, 0.15) is 0 Å². The van der Waals surface area contributed by atoms with Gasteiger partial charge in [0.2, 0.25) is 0 Å². The topological polar surface area (TPSA) is 17.8 Å². The molecule has 0 saturated carbocycles. The van der Waals surface area contributed by atoms with E-state index >= 15 is 0 Å². The highest BCUT2D eigenvalue weighted by Crippen LogP contribution is 2.24. The van der Waals surface area contributed by atoms with Gasteiger partial charge in [-0.1, -0.05) is 0 Å². The monoisotopic (exact) mass is 258 g/mol. The summed E-state index contributed by atoms with van der Waals surface area (Å²) in [4.78, 5) is 4.27. The molecule has 0 radical (unpaired) electrons. The molecule has 0 unspecified atom stereocenters. The standard InChI is InChI=1S/C8H7IN2/c1-11-4-2-3-6-7(9)5-10-8(6)11/h2-5H,1H3. The molecule has 0 fully saturated rings. The molecule has 2 heterocycles. The second-order valence-corrected chi connectivity index (χ2v) is 3.62. The first-order valence-corrected chi connectivity index (χ1v) is 4.42. The van der Waals surface area contributed by atoms with Crippen LogP contribution in [0, 0.1) is 3.57 Å². The Balaban J connectivity index is 2.79. The third kappa shape index (κ3) is 1.03. The van der Waals surface area contributed by atoms with Gasteiger partial charge in [-0.3, -0.25) is 0 Å². The van der Waals surface area contributed by atoms with Crippen LogP contribution < -0.4 is 0 Å². The minimum Gasteiger partial charge on any atom is -0.336 e. The highest BCUT2D eigenvalue weighted by molar-refractivity contribution is 14.1. The summed E-state index contributed by atoms with van der Waals surface area (Å²) in [6.07, 6.45) is 3.90. The van der Waals surface area contributed by atoms with Crippen LogP contribution in [0.3, 0.4) is 0 Å². The Kier molecular flexibility index (Phi) is 1.60. The Hall–Kier alpha value is -0.580. The highest BCUT2D eigenvalue weighted by atomic mass is 127. The molecule has 0 aromatic heterocycles. The Morgan fingerprint density at radius 2 is 2.36 bits per heavy atom. The van der Waals surface area contributed by atoms with E-state index in [0.29, 0.717) is 0 Å². The van der Waals surface area contributed by atoms with E-state index in [1.807, 2.05) is 30.1 Å². The van der Waals surface area contributed by atoms with Gasteiger partial charge in [-0.25, -0.2) is 4.98 Å². The van der Waals surface area contributed by atoms with E-state index in [-0.39, 0.29) is 0 Å². The van der Waals surface area contributed by atoms with Crippen molar-refractivity contribution in [1.82, 2.24) is 9.55 Å². The predicted octanol–water partition coefficient (Wildman–Crippen LogP) is 2.13. The molecule has 0 bridgehead atoms. The second-order valence-electron chi connectivity index (χ2n) is 2.46. The molecule has 0 amide bonds. The molecule has 0 spiro atoms. The van der Waals surface area contributed by atoms with E-state index in [4.69, 9.17) is 0 Å². The highest BCUT2D eigenvalue weighted by Gasteiger charge is 2.09. The molecule has 2 rings (SSSR count). The van der Waals surface area contributed by atoms with Gasteiger partial charge >= 0.3 is 0 Å². The van der Waals surface area contributed by atoms with Crippen molar-refractivity contribution in [2.24, 2.45) is 7.05 Å². The van der Waals surface area contributed by atoms with E-state index < -0.39 is 0 Å². The Bertz CT molecular complexity index is 353. The fraction of sp³-hybridized carbons (Fsp3) is 0.125. The van der Waals surface area contributed by atoms with Crippen LogP contribution in [0.25, 0.3) is 11.4 Å². The first-order valence-electron chi connectivity index (χ1n) is 3.34. The summed E-state index contributed by atoms with van der Waals surface area (Å²) in [6, 6.07) is 4.12. The number of halogens is 1. The van der Waals surface area contributed by atoms with Crippen LogP contribution in [-0.2, 0) is 7.05 Å². The minimum atomic E-state index is 1.05. The number of fused-ring (bicyclic) bond motifs is 1. The van der Waals surface area contributed by atoms with E-state index in [1.54, 1.807) is 0 Å². The van der Waals surface area contributed by atoms with Crippen molar-refractivity contribution in [3.05, 3.63) is 28.1 Å². The predicted molar refractivity (Wildman–Crippen MR) is 52.5 cm³/mol. The first kappa shape index (κ1) is 7.09. The number of hydrogen-bond donors (Lipinski definition) is 0. The third-order valence-electron chi connectivity index (χ3n) is 1.71. The largest absolute Gasteiger partial charge is 0.336 e. The molecular weight excluding hydrogens is 251 g/mol. The van der Waals surface area contributed by atoms with Crippen LogP contribution in [0.15, 0.2) is 24.5 Å². The zero-order valence-corrected chi connectivity index (χ0v) is 8.24. The number of aryl methyl sites for hydroxylation is 1. The maximum atomic E-state index is 4.27. The molecule has 2 aliphatic rings. The number of rotatable bonds is 0. The van der Waals surface area contributed by atoms with Gasteiger partial charge in [-0.05, 0) is 34.7 Å². The zero-order chi connectivity index (χ0) is 7.84. The summed E-state index contributed by atoms with van der Waals surface area (Å²) in [7, 11) is 2.01. The van der Waals surface area contributed by atoms with Gasteiger partial charge < -0.3 is 4.57 Å². The fourth-order valence-electron chi connectivity index (χ4n) is 1.14. The van der Waals surface area contributed by atoms with Crippen molar-refractivity contribution in [2.45, 2.75) is 0 Å². The van der Waals surface area contributed by atoms with E-state index in [9.17, 15) is 0 Å². The summed E-state index contributed by atoms with van der Waals surface area (Å²) in [5.41, 5.74) is 1.23. The molecule has 0 aromatic rings. The van der Waals surface area contributed by atoms with Crippen molar-refractivity contribution in [3.63, 3.8) is 0 Å². The Morgan fingerprint density at radius 3 is 3.09 bits per heavy atom. The smallest absolute Gasteiger partial charge is 0.140 e. The average molecular weight is 258 g/mol. The van der Waals surface area contributed by atoms with Crippen LogP contribution in [0.2, 0.25) is 0 Å². The normalized spacial score (nSPS) is 10.7. The quantitative estimate of drug-likeness (QED) is 0.662. The molecule has 2 nitrogen and oxygen atoms in total. The Morgan fingerprint density at radius 1 is 1.55 bits per heavy atom. The van der Waals surface area contributed by atoms with Crippen molar-refractivity contribution < 1.29 is 0 Å². The summed E-state index contributed by atoms with van der Waals surface area (Å²) < 4.78 is 3.24. The number of nitrogens with zero attached hydrogens (tertiary/aromatic N) is 2. The molecule has 0 saturated heterocycles. The lowest BCUT2D eigenvalue weighted by molar-refractivity contribution is 0.890. The van der Waals surface area contributed by atoms with Gasteiger partial charge in [0, 0.05) is 28.6 Å². The fourth-order valence-corrected chi connectivity index (χ4v) is 1.70. The van der Waals surface area contributed by atoms with Crippen LogP contribution in [0.4, 0.5) is 0 Å². The lowest BCUT2D eigenvalue weighted by atomic mass is 10.2. The van der Waals surface area contributed by atoms with Gasteiger partial charge in [-0.15, -0.1) is 0 Å². The lowest BCUT2D eigenvalue weighted by Crippen LogP contribution is -1.95. The van der Waals surface area contributed by atoms with Crippen molar-refractivity contribution >= 4 is 22.6 Å². The van der Waals surface area contributed by atoms with E-state index in [2.05, 4.69) is 33.6 Å². The summed E-state index contributed by atoms with van der Waals surface area (Å²) in [5, 5.41) is 0. The van der Waals surface area contributed by atoms with Crippen molar-refractivity contribution in [1.29, 1.82) is 0 Å². The van der Waals surface area contributed by atoms with Crippen LogP contribution in [-0.4, -0.2) is 9.55 Å². The SMILES string of the molecule is Cn1cccc2c(I)cnc1-2. The second kappa shape index (κ2) is 2.48. The van der Waals surface area contributed by atoms with E-state index in [1.165, 1.54) is 9.13 Å². The van der Waals surface area contributed by atoms with Crippen LogP contribution in [0.5, 0.6) is 0 Å². The van der Waals surface area contributed by atoms with Crippen molar-refractivity contribution in [3.8, 4) is 11.4 Å². The number of hydrogen-bond acceptors (Lipinski definition) is 1. The Labute approximate surface area is 78.7 Å². The number of pyridine rings is 1. The molecule has 11 heavy (non-hydrogen) atoms. The number of aromatic nitrogens is 2. The summed E-state index contributed by atoms with van der Waals surface area (Å²) in [6.45, 7) is 0. The van der Waals surface area contributed by atoms with Gasteiger partial charge in [0.1, 0.15) is 5.82 Å². The van der Waals surface area contributed by atoms with Crippen molar-refractivity contribution in [2.75, 3.05) is 0 Å². The van der Waals surface area contributed by atoms with Crippen LogP contribution >= 0.6 is 22.6 Å². The minimum absolute atomic E-state index is 1.05.